The van der Waals surface area contributed by atoms with Crippen LogP contribution in [0.1, 0.15) is 44.4 Å². The Labute approximate surface area is 211 Å². The number of nitrogens with one attached hydrogen (secondary N) is 3. The maximum atomic E-state index is 13.2. The number of ether oxygens (including phenoxy) is 3. The molecule has 0 radical (unpaired) electrons. The highest BCUT2D eigenvalue weighted by molar-refractivity contribution is 5.84. The molecule has 0 saturated heterocycles. The van der Waals surface area contributed by atoms with Crippen LogP contribution in [-0.2, 0) is 16.0 Å². The lowest BCUT2D eigenvalue weighted by Crippen LogP contribution is -2.33. The molecule has 0 aromatic heterocycles. The molecule has 0 spiro atoms. The number of anilines is 1. The molecule has 3 N–H and O–H groups in total. The quantitative estimate of drug-likeness (QED) is 0.488. The van der Waals surface area contributed by atoms with Crippen molar-refractivity contribution < 1.29 is 23.8 Å². The first-order valence-corrected chi connectivity index (χ1v) is 12.0. The molecule has 1 aliphatic rings. The Morgan fingerprint density at radius 2 is 1.78 bits per heavy atom. The van der Waals surface area contributed by atoms with Gasteiger partial charge in [-0.25, -0.2) is 0 Å². The first-order valence-electron chi connectivity index (χ1n) is 12.0. The van der Waals surface area contributed by atoms with Crippen molar-refractivity contribution in [2.75, 3.05) is 39.7 Å². The number of aryl methyl sites for hydroxylation is 1. The van der Waals surface area contributed by atoms with Crippen molar-refractivity contribution in [1.82, 2.24) is 10.6 Å². The zero-order chi connectivity index (χ0) is 26.4. The number of hydrogen-bond donors (Lipinski definition) is 3. The van der Waals surface area contributed by atoms with E-state index in [1.807, 2.05) is 26.0 Å². The summed E-state index contributed by atoms with van der Waals surface area (Å²) in [5.41, 5.74) is 3.11. The van der Waals surface area contributed by atoms with Gasteiger partial charge in [-0.3, -0.25) is 14.4 Å². The molecule has 2 aromatic rings. The number of methoxy groups -OCH3 is 3. The van der Waals surface area contributed by atoms with Crippen molar-refractivity contribution in [2.45, 2.75) is 39.7 Å². The summed E-state index contributed by atoms with van der Waals surface area (Å²) in [5.74, 6) is 1.39. The van der Waals surface area contributed by atoms with E-state index in [1.165, 1.54) is 20.1 Å². The van der Waals surface area contributed by atoms with E-state index in [1.54, 1.807) is 20.3 Å². The van der Waals surface area contributed by atoms with Crippen molar-refractivity contribution in [3.63, 3.8) is 0 Å². The largest absolute Gasteiger partial charge is 0.493 e. The average molecular weight is 498 g/mol. The molecule has 2 aromatic carbocycles. The minimum atomic E-state index is -0.395. The normalized spacial score (nSPS) is 14.1. The van der Waals surface area contributed by atoms with Crippen LogP contribution in [0, 0.1) is 5.92 Å². The molecule has 194 valence electrons. The van der Waals surface area contributed by atoms with Crippen LogP contribution in [0.4, 0.5) is 5.69 Å². The van der Waals surface area contributed by atoms with Crippen molar-refractivity contribution in [2.24, 2.45) is 5.92 Å². The van der Waals surface area contributed by atoms with E-state index in [9.17, 15) is 14.4 Å². The molecule has 0 aliphatic heterocycles. The Morgan fingerprint density at radius 3 is 2.39 bits per heavy atom. The molecule has 0 bridgehead atoms. The fourth-order valence-electron chi connectivity index (χ4n) is 4.41. The Bertz CT molecular complexity index is 1190. The van der Waals surface area contributed by atoms with E-state index >= 15 is 0 Å². The predicted octanol–water partition coefficient (Wildman–Crippen LogP) is 3.05. The summed E-state index contributed by atoms with van der Waals surface area (Å²) in [7, 11) is 4.66. The van der Waals surface area contributed by atoms with Gasteiger partial charge in [-0.15, -0.1) is 0 Å². The van der Waals surface area contributed by atoms with Gasteiger partial charge in [0.15, 0.2) is 11.5 Å². The predicted molar refractivity (Wildman–Crippen MR) is 139 cm³/mol. The van der Waals surface area contributed by atoms with Crippen molar-refractivity contribution >= 4 is 17.5 Å². The number of hydrogen-bond acceptors (Lipinski definition) is 7. The summed E-state index contributed by atoms with van der Waals surface area (Å²) in [5, 5.41) is 8.77. The average Bonchev–Trinajstić information content (AvgIpc) is 3.08. The topological polar surface area (TPSA) is 115 Å². The lowest BCUT2D eigenvalue weighted by atomic mass is 9.95. The molecule has 9 nitrogen and oxygen atoms in total. The second-order valence-corrected chi connectivity index (χ2v) is 9.15. The highest BCUT2D eigenvalue weighted by Crippen LogP contribution is 2.50. The van der Waals surface area contributed by atoms with E-state index in [4.69, 9.17) is 14.2 Å². The number of carbonyl (C=O) groups excluding carboxylic acids is 2. The third-order valence-corrected chi connectivity index (χ3v) is 6.06. The van der Waals surface area contributed by atoms with Crippen LogP contribution in [0.15, 0.2) is 29.1 Å². The number of rotatable bonds is 9. The highest BCUT2D eigenvalue weighted by Gasteiger charge is 2.29. The van der Waals surface area contributed by atoms with E-state index in [0.717, 1.165) is 16.7 Å². The van der Waals surface area contributed by atoms with E-state index in [-0.39, 0.29) is 29.5 Å². The number of carbonyl (C=O) groups is 2. The lowest BCUT2D eigenvalue weighted by molar-refractivity contribution is -0.120. The first-order chi connectivity index (χ1) is 17.2. The van der Waals surface area contributed by atoms with E-state index in [0.29, 0.717) is 48.1 Å². The minimum absolute atomic E-state index is 0.0311. The van der Waals surface area contributed by atoms with Crippen molar-refractivity contribution in [1.29, 1.82) is 0 Å². The molecular formula is C27H35N3O6. The summed E-state index contributed by atoms with van der Waals surface area (Å²) >= 11 is 0. The molecule has 0 heterocycles. The van der Waals surface area contributed by atoms with Gasteiger partial charge < -0.3 is 30.2 Å². The van der Waals surface area contributed by atoms with Crippen LogP contribution < -0.4 is 35.6 Å². The zero-order valence-electron chi connectivity index (χ0n) is 21.7. The van der Waals surface area contributed by atoms with E-state index in [2.05, 4.69) is 16.0 Å². The molecule has 1 atom stereocenters. The van der Waals surface area contributed by atoms with Crippen molar-refractivity contribution in [3.8, 4) is 28.4 Å². The van der Waals surface area contributed by atoms with Crippen LogP contribution in [0.3, 0.4) is 0 Å². The molecule has 36 heavy (non-hydrogen) atoms. The van der Waals surface area contributed by atoms with Gasteiger partial charge in [-0.05, 0) is 53.6 Å². The van der Waals surface area contributed by atoms with Crippen LogP contribution in [-0.4, -0.2) is 46.2 Å². The zero-order valence-corrected chi connectivity index (χ0v) is 21.7. The van der Waals surface area contributed by atoms with Crippen LogP contribution in [0.2, 0.25) is 0 Å². The molecule has 2 amide bonds. The standard InChI is InChI=1S/C27H35N3O6/c1-15(2)13-29-24(33)14-28-21-10-8-18-19(12-22(21)32)20(30-16(3)31)9-7-17-11-23(34-4)26(35-5)27(36-6)25(17)18/h8,10-12,15,20H,7,9,13-14H2,1-6H3,(H,28,32)(H,29,33)(H,30,31)/t20-/m1/s1. The summed E-state index contributed by atoms with van der Waals surface area (Å²) in [6, 6.07) is 6.51. The van der Waals surface area contributed by atoms with Gasteiger partial charge >= 0.3 is 0 Å². The third kappa shape index (κ3) is 5.90. The maximum absolute atomic E-state index is 13.2. The molecule has 1 aliphatic carbocycles. The smallest absolute Gasteiger partial charge is 0.239 e. The second-order valence-electron chi connectivity index (χ2n) is 9.15. The molecule has 0 unspecified atom stereocenters. The fraction of sp³-hybridized carbons (Fsp3) is 0.444. The first kappa shape index (κ1) is 26.8. The monoisotopic (exact) mass is 497 g/mol. The van der Waals surface area contributed by atoms with Crippen molar-refractivity contribution in [3.05, 3.63) is 45.6 Å². The third-order valence-electron chi connectivity index (χ3n) is 6.06. The van der Waals surface area contributed by atoms with Gasteiger partial charge in [-0.1, -0.05) is 19.9 Å². The molecule has 3 rings (SSSR count). The van der Waals surface area contributed by atoms with Crippen LogP contribution in [0.5, 0.6) is 17.2 Å². The summed E-state index contributed by atoms with van der Waals surface area (Å²) in [4.78, 5) is 37.5. The van der Waals surface area contributed by atoms with Gasteiger partial charge in [0.05, 0.1) is 39.6 Å². The number of amides is 2. The van der Waals surface area contributed by atoms with Gasteiger partial charge in [0.25, 0.3) is 0 Å². The number of fused-ring (bicyclic) bond motifs is 3. The minimum Gasteiger partial charge on any atom is -0.493 e. The van der Waals surface area contributed by atoms with Crippen LogP contribution >= 0.6 is 0 Å². The lowest BCUT2D eigenvalue weighted by Gasteiger charge is -2.19. The molecule has 0 saturated carbocycles. The van der Waals surface area contributed by atoms with E-state index < -0.39 is 6.04 Å². The van der Waals surface area contributed by atoms with Gasteiger partial charge in [0.1, 0.15) is 0 Å². The van der Waals surface area contributed by atoms with Crippen LogP contribution in [0.25, 0.3) is 11.1 Å². The molecular weight excluding hydrogens is 462 g/mol. The second kappa shape index (κ2) is 11.8. The Hall–Kier alpha value is -3.75. The SMILES string of the molecule is COc1cc2c(c(OC)c1OC)-c1ccc(NCC(=O)NCC(C)C)c(=O)cc1[C@H](NC(C)=O)CC2. The Kier molecular flexibility index (Phi) is 8.79. The molecule has 0 fully saturated rings. The van der Waals surface area contributed by atoms with Gasteiger partial charge in [0, 0.05) is 19.0 Å². The maximum Gasteiger partial charge on any atom is 0.239 e. The highest BCUT2D eigenvalue weighted by atomic mass is 16.5. The number of benzene rings is 1. The summed E-state index contributed by atoms with van der Waals surface area (Å²) < 4.78 is 16.9. The Morgan fingerprint density at radius 1 is 1.06 bits per heavy atom. The fourth-order valence-corrected chi connectivity index (χ4v) is 4.41. The van der Waals surface area contributed by atoms with Gasteiger partial charge in [-0.2, -0.15) is 0 Å². The van der Waals surface area contributed by atoms with Gasteiger partial charge in [0.2, 0.25) is 23.0 Å². The Balaban J connectivity index is 2.16. The molecule has 9 heteroatoms. The summed E-state index contributed by atoms with van der Waals surface area (Å²) in [6.45, 7) is 6.00. The summed E-state index contributed by atoms with van der Waals surface area (Å²) in [6.07, 6.45) is 1.19.